The summed E-state index contributed by atoms with van der Waals surface area (Å²) >= 11 is 0. The SMILES string of the molecule is O=S(=O)(c1ccc(OC(F)F)cc1)N1CCC2(CC[C@@H](N3C[C@@H]4C[C@H]3CO4)C2)CC1. The van der Waals surface area contributed by atoms with Crippen molar-refractivity contribution in [3.63, 3.8) is 0 Å². The molecule has 3 aliphatic heterocycles. The Balaban J connectivity index is 1.20. The summed E-state index contributed by atoms with van der Waals surface area (Å²) < 4.78 is 62.2. The maximum absolute atomic E-state index is 13.0. The summed E-state index contributed by atoms with van der Waals surface area (Å²) in [5, 5.41) is 0. The van der Waals surface area contributed by atoms with Crippen molar-refractivity contribution in [1.82, 2.24) is 9.21 Å². The van der Waals surface area contributed by atoms with Gasteiger partial charge in [-0.05, 0) is 68.2 Å². The van der Waals surface area contributed by atoms with Crippen LogP contribution in [0, 0.1) is 5.41 Å². The number of hydrogen-bond donors (Lipinski definition) is 0. The van der Waals surface area contributed by atoms with E-state index in [4.69, 9.17) is 4.74 Å². The van der Waals surface area contributed by atoms with E-state index in [1.165, 1.54) is 37.1 Å². The van der Waals surface area contributed by atoms with Gasteiger partial charge >= 0.3 is 6.61 Å². The average molecular weight is 443 g/mol. The Hall–Kier alpha value is -1.29. The molecule has 4 aliphatic rings. The summed E-state index contributed by atoms with van der Waals surface area (Å²) in [5.74, 6) is -0.0421. The number of likely N-dealkylation sites (tertiary alicyclic amines) is 1. The molecule has 3 atom stereocenters. The molecule has 9 heteroatoms. The lowest BCUT2D eigenvalue weighted by atomic mass is 9.77. The lowest BCUT2D eigenvalue weighted by molar-refractivity contribution is -0.0498. The van der Waals surface area contributed by atoms with E-state index in [1.807, 2.05) is 0 Å². The number of morpholine rings is 1. The molecule has 166 valence electrons. The molecular weight excluding hydrogens is 414 g/mol. The van der Waals surface area contributed by atoms with E-state index < -0.39 is 16.6 Å². The molecule has 30 heavy (non-hydrogen) atoms. The molecule has 0 radical (unpaired) electrons. The average Bonchev–Trinajstić information content (AvgIpc) is 3.44. The van der Waals surface area contributed by atoms with Crippen LogP contribution in [0.5, 0.6) is 5.75 Å². The zero-order chi connectivity index (χ0) is 20.9. The zero-order valence-electron chi connectivity index (χ0n) is 16.9. The van der Waals surface area contributed by atoms with Gasteiger partial charge in [-0.3, -0.25) is 4.90 Å². The van der Waals surface area contributed by atoms with Gasteiger partial charge in [-0.1, -0.05) is 0 Å². The topological polar surface area (TPSA) is 59.1 Å². The third kappa shape index (κ3) is 3.74. The molecule has 0 unspecified atom stereocenters. The van der Waals surface area contributed by atoms with E-state index in [0.29, 0.717) is 31.3 Å². The minimum Gasteiger partial charge on any atom is -0.435 e. The standard InChI is InChI=1S/C21H28F2N2O4S/c22-20(23)29-17-1-3-19(4-2-17)30(26,27)24-9-7-21(8-10-24)6-5-15(12-21)25-13-18-11-16(25)14-28-18/h1-4,15-16,18,20H,5-14H2/t15-,16+,18+/m1/s1. The van der Waals surface area contributed by atoms with Crippen molar-refractivity contribution in [3.05, 3.63) is 24.3 Å². The molecule has 1 aromatic carbocycles. The second-order valence-corrected chi connectivity index (χ2v) is 11.1. The number of piperidine rings is 1. The first-order valence-corrected chi connectivity index (χ1v) is 12.2. The first kappa shape index (κ1) is 20.6. The maximum Gasteiger partial charge on any atom is 0.387 e. The number of halogens is 2. The highest BCUT2D eigenvalue weighted by atomic mass is 32.2. The molecule has 2 bridgehead atoms. The molecule has 3 saturated heterocycles. The van der Waals surface area contributed by atoms with Gasteiger partial charge in [0.25, 0.3) is 0 Å². The Morgan fingerprint density at radius 1 is 1.10 bits per heavy atom. The molecule has 4 fully saturated rings. The number of fused-ring (bicyclic) bond motifs is 2. The van der Waals surface area contributed by atoms with Crippen LogP contribution in [0.2, 0.25) is 0 Å². The first-order chi connectivity index (χ1) is 14.3. The molecule has 0 aromatic heterocycles. The summed E-state index contributed by atoms with van der Waals surface area (Å²) in [5.41, 5.74) is 0.244. The molecule has 3 heterocycles. The van der Waals surface area contributed by atoms with Crippen molar-refractivity contribution < 1.29 is 26.7 Å². The van der Waals surface area contributed by atoms with Crippen LogP contribution in [-0.2, 0) is 14.8 Å². The third-order valence-electron chi connectivity index (χ3n) is 7.56. The van der Waals surface area contributed by atoms with Crippen LogP contribution in [0.4, 0.5) is 8.78 Å². The fourth-order valence-corrected chi connectivity index (χ4v) is 7.37. The van der Waals surface area contributed by atoms with Crippen LogP contribution in [0.15, 0.2) is 29.2 Å². The van der Waals surface area contributed by atoms with Gasteiger partial charge in [-0.25, -0.2) is 8.42 Å². The van der Waals surface area contributed by atoms with Crippen molar-refractivity contribution in [3.8, 4) is 5.75 Å². The van der Waals surface area contributed by atoms with Crippen LogP contribution in [0.1, 0.15) is 38.5 Å². The van der Waals surface area contributed by atoms with E-state index in [9.17, 15) is 17.2 Å². The zero-order valence-corrected chi connectivity index (χ0v) is 17.7. The molecule has 1 saturated carbocycles. The van der Waals surface area contributed by atoms with E-state index in [0.717, 1.165) is 38.8 Å². The highest BCUT2D eigenvalue weighted by Crippen LogP contribution is 2.50. The maximum atomic E-state index is 13.0. The Bertz CT molecular complexity index is 871. The minimum atomic E-state index is -3.63. The monoisotopic (exact) mass is 442 g/mol. The lowest BCUT2D eigenvalue weighted by Crippen LogP contribution is -2.45. The van der Waals surface area contributed by atoms with E-state index in [1.54, 1.807) is 4.31 Å². The van der Waals surface area contributed by atoms with Gasteiger partial charge < -0.3 is 9.47 Å². The van der Waals surface area contributed by atoms with Crippen LogP contribution in [-0.4, -0.2) is 68.7 Å². The predicted octanol–water partition coefficient (Wildman–Crippen LogP) is 3.08. The minimum absolute atomic E-state index is 0.0421. The first-order valence-electron chi connectivity index (χ1n) is 10.8. The summed E-state index contributed by atoms with van der Waals surface area (Å²) in [6.45, 7) is 0.0154. The molecule has 0 N–H and O–H groups in total. The number of hydrogen-bond acceptors (Lipinski definition) is 5. The van der Waals surface area contributed by atoms with Gasteiger partial charge in [0.1, 0.15) is 5.75 Å². The van der Waals surface area contributed by atoms with Crippen molar-refractivity contribution in [2.75, 3.05) is 26.2 Å². The van der Waals surface area contributed by atoms with Gasteiger partial charge in [-0.15, -0.1) is 0 Å². The number of ether oxygens (including phenoxy) is 2. The molecule has 1 aromatic rings. The number of benzene rings is 1. The van der Waals surface area contributed by atoms with Crippen molar-refractivity contribution >= 4 is 10.0 Å². The van der Waals surface area contributed by atoms with Crippen LogP contribution in [0.25, 0.3) is 0 Å². The lowest BCUT2D eigenvalue weighted by Gasteiger charge is -2.40. The third-order valence-corrected chi connectivity index (χ3v) is 9.47. The summed E-state index contributed by atoms with van der Waals surface area (Å²) in [4.78, 5) is 2.77. The normalized spacial score (nSPS) is 31.8. The second-order valence-electron chi connectivity index (χ2n) is 9.19. The molecule has 1 spiro atoms. The molecule has 5 rings (SSSR count). The Labute approximate surface area is 176 Å². The summed E-state index contributed by atoms with van der Waals surface area (Å²) in [7, 11) is -3.63. The fourth-order valence-electron chi connectivity index (χ4n) is 5.93. The van der Waals surface area contributed by atoms with E-state index >= 15 is 0 Å². The molecular formula is C21H28F2N2O4S. The summed E-state index contributed by atoms with van der Waals surface area (Å²) in [6.07, 6.45) is 6.86. The molecule has 6 nitrogen and oxygen atoms in total. The van der Waals surface area contributed by atoms with E-state index in [-0.39, 0.29) is 16.1 Å². The van der Waals surface area contributed by atoms with Crippen LogP contribution in [0.3, 0.4) is 0 Å². The summed E-state index contributed by atoms with van der Waals surface area (Å²) in [6, 6.07) is 6.42. The van der Waals surface area contributed by atoms with Gasteiger partial charge in [0.05, 0.1) is 17.6 Å². The Kier molecular flexibility index (Phi) is 5.28. The second kappa shape index (κ2) is 7.69. The van der Waals surface area contributed by atoms with E-state index in [2.05, 4.69) is 9.64 Å². The van der Waals surface area contributed by atoms with Crippen LogP contribution >= 0.6 is 0 Å². The highest BCUT2D eigenvalue weighted by molar-refractivity contribution is 7.89. The molecule has 1 aliphatic carbocycles. The Morgan fingerprint density at radius 2 is 1.83 bits per heavy atom. The number of nitrogens with zero attached hydrogens (tertiary/aromatic N) is 2. The van der Waals surface area contributed by atoms with Crippen molar-refractivity contribution in [1.29, 1.82) is 0 Å². The molecule has 0 amide bonds. The van der Waals surface area contributed by atoms with Gasteiger partial charge in [0.15, 0.2) is 0 Å². The van der Waals surface area contributed by atoms with Gasteiger partial charge in [0, 0.05) is 31.7 Å². The number of sulfonamides is 1. The smallest absolute Gasteiger partial charge is 0.387 e. The predicted molar refractivity (Wildman–Crippen MR) is 106 cm³/mol. The number of alkyl halides is 2. The van der Waals surface area contributed by atoms with Crippen molar-refractivity contribution in [2.45, 2.75) is 68.2 Å². The van der Waals surface area contributed by atoms with Gasteiger partial charge in [0.2, 0.25) is 10.0 Å². The van der Waals surface area contributed by atoms with Crippen molar-refractivity contribution in [2.24, 2.45) is 5.41 Å². The largest absolute Gasteiger partial charge is 0.435 e. The highest BCUT2D eigenvalue weighted by Gasteiger charge is 2.49. The van der Waals surface area contributed by atoms with Crippen LogP contribution < -0.4 is 4.74 Å². The van der Waals surface area contributed by atoms with Gasteiger partial charge in [-0.2, -0.15) is 13.1 Å². The quantitative estimate of drug-likeness (QED) is 0.702. The Morgan fingerprint density at radius 3 is 2.43 bits per heavy atom. The fraction of sp³-hybridized carbons (Fsp3) is 0.714. The number of rotatable bonds is 5.